The number of carbonyl (C=O) groups excluding carboxylic acids is 1. The number of likely N-dealkylation sites (tertiary alicyclic amines) is 1. The zero-order valence-corrected chi connectivity index (χ0v) is 22.0. The van der Waals surface area contributed by atoms with Gasteiger partial charge in [-0.25, -0.2) is 13.8 Å². The van der Waals surface area contributed by atoms with Crippen molar-refractivity contribution in [1.29, 1.82) is 0 Å². The van der Waals surface area contributed by atoms with Crippen LogP contribution in [-0.2, 0) is 11.0 Å². The third-order valence-electron chi connectivity index (χ3n) is 7.18. The van der Waals surface area contributed by atoms with Gasteiger partial charge in [0.2, 0.25) is 0 Å². The molecule has 0 bridgehead atoms. The van der Waals surface area contributed by atoms with Crippen molar-refractivity contribution >= 4 is 24.3 Å². The Balaban J connectivity index is 0.00000420. The molecule has 2 aromatic rings. The van der Waals surface area contributed by atoms with Gasteiger partial charge in [-0.1, -0.05) is 25.0 Å². The number of nitrogens with one attached hydrogen (secondary N) is 1. The quantitative estimate of drug-likeness (QED) is 0.375. The predicted octanol–water partition coefficient (Wildman–Crippen LogP) is 5.66. The average Bonchev–Trinajstić information content (AvgIpc) is 3.51. The number of para-hydroxylation sites is 1. The molecule has 0 spiro atoms. The van der Waals surface area contributed by atoms with Gasteiger partial charge in [-0.2, -0.15) is 13.2 Å². The van der Waals surface area contributed by atoms with Gasteiger partial charge in [0.25, 0.3) is 11.8 Å². The summed E-state index contributed by atoms with van der Waals surface area (Å²) in [5.41, 5.74) is -1.11. The molecule has 39 heavy (non-hydrogen) atoms. The monoisotopic (exact) mass is 578 g/mol. The van der Waals surface area contributed by atoms with Gasteiger partial charge in [0.15, 0.2) is 0 Å². The maximum absolute atomic E-state index is 13.8. The van der Waals surface area contributed by atoms with Crippen LogP contribution in [0.1, 0.15) is 79.2 Å². The van der Waals surface area contributed by atoms with E-state index >= 15 is 0 Å². The molecular weight excluding hydrogens is 547 g/mol. The smallest absolute Gasteiger partial charge is 0.418 e. The number of halogens is 6. The summed E-state index contributed by atoms with van der Waals surface area (Å²) in [5, 5.41) is 11.9. The lowest BCUT2D eigenvalue weighted by Crippen LogP contribution is -2.45. The lowest BCUT2D eigenvalue weighted by Gasteiger charge is -2.33. The first kappa shape index (κ1) is 30.8. The molecule has 1 saturated heterocycles. The second-order valence-corrected chi connectivity index (χ2v) is 10.1. The number of amides is 1. The minimum absolute atomic E-state index is 0. The highest BCUT2D eigenvalue weighted by Gasteiger charge is 2.36. The Kier molecular flexibility index (Phi) is 9.98. The van der Waals surface area contributed by atoms with Crippen molar-refractivity contribution < 1.29 is 36.6 Å². The van der Waals surface area contributed by atoms with Crippen LogP contribution in [0.2, 0.25) is 0 Å². The molecule has 1 unspecified atom stereocenters. The average molecular weight is 579 g/mol. The Morgan fingerprint density at radius 1 is 1.15 bits per heavy atom. The molecule has 1 aromatic heterocycles. The number of rotatable bonds is 9. The Morgan fingerprint density at radius 2 is 1.85 bits per heavy atom. The minimum Gasteiger partial charge on any atom is -0.481 e. The molecule has 2 N–H and O–H groups in total. The lowest BCUT2D eigenvalue weighted by molar-refractivity contribution is -0.138. The highest BCUT2D eigenvalue weighted by atomic mass is 35.5. The molecule has 7 nitrogen and oxygen atoms in total. The number of hydrogen-bond donors (Lipinski definition) is 2. The summed E-state index contributed by atoms with van der Waals surface area (Å²) in [7, 11) is 0. The van der Waals surface area contributed by atoms with Gasteiger partial charge in [0.1, 0.15) is 11.5 Å². The van der Waals surface area contributed by atoms with E-state index in [0.717, 1.165) is 31.7 Å². The molecule has 2 aliphatic rings. The third-order valence-corrected chi connectivity index (χ3v) is 7.18. The molecule has 2 fully saturated rings. The first-order valence-corrected chi connectivity index (χ1v) is 12.8. The molecule has 1 saturated carbocycles. The van der Waals surface area contributed by atoms with Crippen LogP contribution in [0.4, 0.5) is 22.0 Å². The van der Waals surface area contributed by atoms with Crippen molar-refractivity contribution in [3.63, 3.8) is 0 Å². The van der Waals surface area contributed by atoms with Crippen molar-refractivity contribution in [2.24, 2.45) is 0 Å². The van der Waals surface area contributed by atoms with Crippen LogP contribution in [0.5, 0.6) is 0 Å². The summed E-state index contributed by atoms with van der Waals surface area (Å²) in [6.45, 7) is 0.208. The van der Waals surface area contributed by atoms with Crippen LogP contribution < -0.4 is 5.32 Å². The number of nitrogens with zero attached hydrogens (tertiary/aromatic N) is 3. The number of piperidine rings is 1. The van der Waals surface area contributed by atoms with Gasteiger partial charge in [-0.15, -0.1) is 12.4 Å². The van der Waals surface area contributed by atoms with Crippen molar-refractivity contribution in [3.8, 4) is 5.69 Å². The largest absolute Gasteiger partial charge is 0.481 e. The molecule has 1 amide bonds. The van der Waals surface area contributed by atoms with E-state index in [2.05, 4.69) is 10.3 Å². The fraction of sp³-hybridized carbons (Fsp3) is 0.577. The van der Waals surface area contributed by atoms with Gasteiger partial charge < -0.3 is 15.0 Å². The van der Waals surface area contributed by atoms with Crippen LogP contribution in [0.25, 0.3) is 5.69 Å². The highest BCUT2D eigenvalue weighted by molar-refractivity contribution is 5.92. The first-order valence-electron chi connectivity index (χ1n) is 12.8. The summed E-state index contributed by atoms with van der Waals surface area (Å²) in [6.07, 6.45) is -0.268. The SMILES string of the molecule is Cl.O=C(O)CC(CCN1CCCC(F)(F)C1)NC(=O)c1cn(-c2ccccc2C(F)(F)F)c(C2CCCC2)n1. The van der Waals surface area contributed by atoms with Crippen LogP contribution in [0, 0.1) is 0 Å². The Morgan fingerprint density at radius 3 is 2.49 bits per heavy atom. The minimum atomic E-state index is -4.62. The van der Waals surface area contributed by atoms with Crippen molar-refractivity contribution in [1.82, 2.24) is 19.8 Å². The van der Waals surface area contributed by atoms with Gasteiger partial charge in [0, 0.05) is 31.1 Å². The fourth-order valence-corrected chi connectivity index (χ4v) is 5.36. The van der Waals surface area contributed by atoms with E-state index in [4.69, 9.17) is 0 Å². The lowest BCUT2D eigenvalue weighted by atomic mass is 10.1. The van der Waals surface area contributed by atoms with Crippen LogP contribution in [0.3, 0.4) is 0 Å². The van der Waals surface area contributed by atoms with E-state index in [1.54, 1.807) is 4.90 Å². The number of aliphatic carboxylic acids is 1. The normalized spacial score (nSPS) is 18.9. The van der Waals surface area contributed by atoms with E-state index in [-0.39, 0.29) is 49.1 Å². The molecule has 1 aliphatic carbocycles. The maximum atomic E-state index is 13.8. The molecule has 2 heterocycles. The summed E-state index contributed by atoms with van der Waals surface area (Å²) >= 11 is 0. The maximum Gasteiger partial charge on any atom is 0.418 e. The van der Waals surface area contributed by atoms with Crippen molar-refractivity contribution in [2.45, 2.75) is 75.4 Å². The second kappa shape index (κ2) is 12.6. The standard InChI is InChI=1S/C26H31F5N4O3.ClH/c27-25(28)11-5-12-34(16-25)13-10-18(14-22(36)37)32-24(38)20-15-35(23(33-20)17-6-1-2-7-17)21-9-4-3-8-19(21)26(29,30)31;/h3-4,8-9,15,17-18H,1-2,5-7,10-14,16H2,(H,32,38)(H,36,37);1H. The zero-order chi connectivity index (χ0) is 27.5. The number of carboxylic acid groups (broad SMARTS) is 1. The van der Waals surface area contributed by atoms with E-state index in [9.17, 15) is 36.6 Å². The zero-order valence-electron chi connectivity index (χ0n) is 21.2. The summed E-state index contributed by atoms with van der Waals surface area (Å²) < 4.78 is 70.1. The second-order valence-electron chi connectivity index (χ2n) is 10.1. The van der Waals surface area contributed by atoms with E-state index in [0.29, 0.717) is 18.8 Å². The molecule has 1 atom stereocenters. The summed E-state index contributed by atoms with van der Waals surface area (Å²) in [5.74, 6) is -4.46. The number of hydrogen-bond acceptors (Lipinski definition) is 4. The van der Waals surface area contributed by atoms with Crippen molar-refractivity contribution in [3.05, 3.63) is 47.5 Å². The van der Waals surface area contributed by atoms with Crippen LogP contribution in [-0.4, -0.2) is 63.0 Å². The Hall–Kier alpha value is -2.73. The van der Waals surface area contributed by atoms with Gasteiger partial charge in [-0.3, -0.25) is 14.5 Å². The van der Waals surface area contributed by atoms with Gasteiger partial charge in [0.05, 0.1) is 24.2 Å². The molecule has 1 aromatic carbocycles. The topological polar surface area (TPSA) is 87.5 Å². The van der Waals surface area contributed by atoms with E-state index < -0.39 is 48.5 Å². The van der Waals surface area contributed by atoms with Gasteiger partial charge in [-0.05, 0) is 44.4 Å². The Labute approximate surface area is 229 Å². The molecule has 1 aliphatic heterocycles. The molecule has 4 rings (SSSR count). The van der Waals surface area contributed by atoms with E-state index in [1.165, 1.54) is 29.0 Å². The molecule has 0 radical (unpaired) electrons. The summed E-state index contributed by atoms with van der Waals surface area (Å²) in [6, 6.07) is 4.21. The summed E-state index contributed by atoms with van der Waals surface area (Å²) in [4.78, 5) is 30.5. The fourth-order valence-electron chi connectivity index (χ4n) is 5.36. The number of carboxylic acids is 1. The van der Waals surface area contributed by atoms with E-state index in [1.807, 2.05) is 0 Å². The first-order chi connectivity index (χ1) is 17.9. The van der Waals surface area contributed by atoms with Crippen LogP contribution in [0.15, 0.2) is 30.5 Å². The highest BCUT2D eigenvalue weighted by Crippen LogP contribution is 2.38. The number of alkyl halides is 5. The van der Waals surface area contributed by atoms with Crippen molar-refractivity contribution in [2.75, 3.05) is 19.6 Å². The molecular formula is C26H32ClF5N4O3. The number of imidazole rings is 1. The molecule has 216 valence electrons. The predicted molar refractivity (Wildman–Crippen MR) is 136 cm³/mol. The third kappa shape index (κ3) is 7.91. The van der Waals surface area contributed by atoms with Crippen LogP contribution >= 0.6 is 12.4 Å². The number of benzene rings is 1. The Bertz CT molecular complexity index is 1150. The molecule has 13 heteroatoms. The number of aromatic nitrogens is 2. The number of carbonyl (C=O) groups is 2. The van der Waals surface area contributed by atoms with Gasteiger partial charge >= 0.3 is 12.1 Å².